The van der Waals surface area contributed by atoms with Crippen molar-refractivity contribution >= 4 is 12.3 Å². The third-order valence-electron chi connectivity index (χ3n) is 2.20. The minimum Gasteiger partial charge on any atom is -0.494 e. The zero-order valence-corrected chi connectivity index (χ0v) is 8.47. The van der Waals surface area contributed by atoms with Crippen LogP contribution in [0.25, 0.3) is 6.08 Å². The minimum atomic E-state index is -0.657. The predicted octanol–water partition coefficient (Wildman–Crippen LogP) is -0.239. The summed E-state index contributed by atoms with van der Waals surface area (Å²) in [4.78, 5) is 28.6. The lowest BCUT2D eigenvalue weighted by Gasteiger charge is -2.03. The first-order valence-electron chi connectivity index (χ1n) is 4.54. The van der Waals surface area contributed by atoms with Gasteiger partial charge in [0.15, 0.2) is 0 Å². The maximum atomic E-state index is 11.5. The Morgan fingerprint density at radius 2 is 2.25 bits per heavy atom. The molecule has 0 amide bonds. The number of allylic oxidation sites excluding steroid dienone is 2. The number of aromatic nitrogens is 2. The molecule has 1 aliphatic rings. The lowest BCUT2D eigenvalue weighted by molar-refractivity contribution is 0.416. The van der Waals surface area contributed by atoms with Gasteiger partial charge in [-0.15, -0.1) is 0 Å². The van der Waals surface area contributed by atoms with Gasteiger partial charge < -0.3 is 5.11 Å². The number of nitrogens with one attached hydrogen (secondary N) is 1. The molecule has 0 aliphatic carbocycles. The molecule has 6 heteroatoms. The van der Waals surface area contributed by atoms with Crippen LogP contribution in [0.2, 0.25) is 0 Å². The summed E-state index contributed by atoms with van der Waals surface area (Å²) in [7, 11) is 1.36. The fourth-order valence-corrected chi connectivity index (χ4v) is 1.30. The molecule has 0 saturated carbocycles. The summed E-state index contributed by atoms with van der Waals surface area (Å²) >= 11 is 0. The molecule has 0 saturated heterocycles. The number of nitrogens with zero attached hydrogens (tertiary/aromatic N) is 2. The van der Waals surface area contributed by atoms with Gasteiger partial charge in [0, 0.05) is 13.3 Å². The largest absolute Gasteiger partial charge is 0.494 e. The highest BCUT2D eigenvalue weighted by atomic mass is 16.3. The van der Waals surface area contributed by atoms with Crippen LogP contribution in [-0.4, -0.2) is 20.9 Å². The number of aliphatic imine (C=N–C) groups is 1. The molecule has 0 radical (unpaired) electrons. The molecular formula is C10H9N3O3. The Balaban J connectivity index is 2.66. The van der Waals surface area contributed by atoms with E-state index in [1.54, 1.807) is 18.4 Å². The maximum absolute atomic E-state index is 11.5. The lowest BCUT2D eigenvalue weighted by atomic mass is 10.2. The zero-order valence-electron chi connectivity index (χ0n) is 8.47. The molecule has 0 aromatic carbocycles. The summed E-state index contributed by atoms with van der Waals surface area (Å²) in [5, 5.41) is 9.64. The molecule has 0 atom stereocenters. The second kappa shape index (κ2) is 3.65. The van der Waals surface area contributed by atoms with Gasteiger partial charge in [0.25, 0.3) is 5.56 Å². The van der Waals surface area contributed by atoms with Gasteiger partial charge in [0.1, 0.15) is 5.56 Å². The van der Waals surface area contributed by atoms with Crippen molar-refractivity contribution in [1.29, 1.82) is 0 Å². The van der Waals surface area contributed by atoms with Crippen LogP contribution >= 0.6 is 0 Å². The summed E-state index contributed by atoms with van der Waals surface area (Å²) in [5.74, 6) is -0.378. The van der Waals surface area contributed by atoms with Gasteiger partial charge >= 0.3 is 5.69 Å². The molecule has 0 bridgehead atoms. The number of hydrogen-bond acceptors (Lipinski definition) is 4. The summed E-state index contributed by atoms with van der Waals surface area (Å²) in [5.41, 5.74) is -0.737. The molecule has 2 rings (SSSR count). The molecule has 0 spiro atoms. The summed E-state index contributed by atoms with van der Waals surface area (Å²) < 4.78 is 0.955. The highest BCUT2D eigenvalue weighted by molar-refractivity contribution is 5.79. The van der Waals surface area contributed by atoms with E-state index in [-0.39, 0.29) is 11.4 Å². The average molecular weight is 219 g/mol. The first kappa shape index (κ1) is 10.2. The van der Waals surface area contributed by atoms with Crippen molar-refractivity contribution < 1.29 is 5.11 Å². The molecule has 1 aromatic rings. The standard InChI is InChI=1S/C10H9N3O3/c1-13-9(15)7(8(14)12-10(13)16)5-6-3-2-4-11-6/h2-5,15H,1H3,(H,12,14,16)/b6-5+. The third-order valence-corrected chi connectivity index (χ3v) is 2.20. The Kier molecular flexibility index (Phi) is 2.32. The van der Waals surface area contributed by atoms with Crippen LogP contribution in [0.5, 0.6) is 5.88 Å². The molecule has 1 aliphatic heterocycles. The zero-order chi connectivity index (χ0) is 11.7. The van der Waals surface area contributed by atoms with Crippen molar-refractivity contribution in [3.8, 4) is 5.88 Å². The topological polar surface area (TPSA) is 87.4 Å². The van der Waals surface area contributed by atoms with E-state index in [2.05, 4.69) is 9.98 Å². The molecule has 0 fully saturated rings. The molecule has 2 heterocycles. The van der Waals surface area contributed by atoms with E-state index in [1.807, 2.05) is 0 Å². The van der Waals surface area contributed by atoms with Crippen LogP contribution < -0.4 is 11.2 Å². The van der Waals surface area contributed by atoms with E-state index in [4.69, 9.17) is 0 Å². The smallest absolute Gasteiger partial charge is 0.330 e. The Labute approximate surface area is 89.9 Å². The molecule has 6 nitrogen and oxygen atoms in total. The molecule has 2 N–H and O–H groups in total. The van der Waals surface area contributed by atoms with E-state index in [0.29, 0.717) is 5.70 Å². The molecule has 82 valence electrons. The quantitative estimate of drug-likeness (QED) is 0.683. The second-order valence-electron chi connectivity index (χ2n) is 3.26. The van der Waals surface area contributed by atoms with Crippen LogP contribution in [0.1, 0.15) is 5.56 Å². The highest BCUT2D eigenvalue weighted by Gasteiger charge is 2.10. The Morgan fingerprint density at radius 3 is 2.88 bits per heavy atom. The summed E-state index contributed by atoms with van der Waals surface area (Å²) in [6.07, 6.45) is 6.37. The monoisotopic (exact) mass is 219 g/mol. The van der Waals surface area contributed by atoms with Crippen molar-refractivity contribution in [2.75, 3.05) is 0 Å². The number of H-pyrrole nitrogens is 1. The Hall–Kier alpha value is -2.37. The van der Waals surface area contributed by atoms with Crippen LogP contribution in [0.15, 0.2) is 32.4 Å². The maximum Gasteiger partial charge on any atom is 0.330 e. The predicted molar refractivity (Wildman–Crippen MR) is 59.6 cm³/mol. The van der Waals surface area contributed by atoms with Gasteiger partial charge in [-0.2, -0.15) is 0 Å². The fourth-order valence-electron chi connectivity index (χ4n) is 1.30. The summed E-state index contributed by atoms with van der Waals surface area (Å²) in [6.45, 7) is 0. The molecule has 1 aromatic heterocycles. The van der Waals surface area contributed by atoms with Crippen LogP contribution in [0.4, 0.5) is 0 Å². The van der Waals surface area contributed by atoms with Crippen LogP contribution in [0.3, 0.4) is 0 Å². The average Bonchev–Trinajstić information content (AvgIpc) is 2.74. The van der Waals surface area contributed by atoms with E-state index in [9.17, 15) is 14.7 Å². The number of rotatable bonds is 1. The fraction of sp³-hybridized carbons (Fsp3) is 0.100. The molecule has 0 unspecified atom stereocenters. The third kappa shape index (κ3) is 1.60. The van der Waals surface area contributed by atoms with E-state index >= 15 is 0 Å². The van der Waals surface area contributed by atoms with Gasteiger partial charge in [0.05, 0.1) is 5.70 Å². The van der Waals surface area contributed by atoms with Crippen molar-refractivity contribution in [1.82, 2.24) is 9.55 Å². The van der Waals surface area contributed by atoms with Crippen molar-refractivity contribution in [2.45, 2.75) is 0 Å². The first-order valence-corrected chi connectivity index (χ1v) is 4.54. The second-order valence-corrected chi connectivity index (χ2v) is 3.26. The molecule has 16 heavy (non-hydrogen) atoms. The summed E-state index contributed by atoms with van der Waals surface area (Å²) in [6, 6.07) is 0. The van der Waals surface area contributed by atoms with E-state index < -0.39 is 11.2 Å². The van der Waals surface area contributed by atoms with Crippen molar-refractivity contribution in [2.24, 2.45) is 12.0 Å². The van der Waals surface area contributed by atoms with Gasteiger partial charge in [0.2, 0.25) is 5.88 Å². The normalized spacial score (nSPS) is 16.2. The van der Waals surface area contributed by atoms with E-state index in [1.165, 1.54) is 13.1 Å². The molecular weight excluding hydrogens is 210 g/mol. The Bertz CT molecular complexity index is 618. The van der Waals surface area contributed by atoms with Crippen LogP contribution in [-0.2, 0) is 7.05 Å². The van der Waals surface area contributed by atoms with E-state index in [0.717, 1.165) is 4.57 Å². The van der Waals surface area contributed by atoms with Crippen molar-refractivity contribution in [3.05, 3.63) is 44.3 Å². The van der Waals surface area contributed by atoms with Crippen LogP contribution in [0, 0.1) is 0 Å². The minimum absolute atomic E-state index is 0.0146. The van der Waals surface area contributed by atoms with Gasteiger partial charge in [-0.1, -0.05) is 0 Å². The lowest BCUT2D eigenvalue weighted by Crippen LogP contribution is -2.29. The van der Waals surface area contributed by atoms with Gasteiger partial charge in [-0.25, -0.2) is 4.79 Å². The van der Waals surface area contributed by atoms with Gasteiger partial charge in [-0.3, -0.25) is 19.3 Å². The number of aromatic amines is 1. The number of hydrogen-bond donors (Lipinski definition) is 2. The SMILES string of the molecule is Cn1c(O)c(/C=C2\C=CC=N2)c(=O)[nH]c1=O. The Morgan fingerprint density at radius 1 is 1.50 bits per heavy atom. The highest BCUT2D eigenvalue weighted by Crippen LogP contribution is 2.15. The van der Waals surface area contributed by atoms with Gasteiger partial charge in [-0.05, 0) is 18.2 Å². The van der Waals surface area contributed by atoms with Crippen molar-refractivity contribution in [3.63, 3.8) is 0 Å². The first-order chi connectivity index (χ1) is 7.59. The number of aromatic hydroxyl groups is 1.